The fraction of sp³-hybridized carbons (Fsp3) is 0.238. The minimum atomic E-state index is -0.640. The number of carbonyl (C=O) groups excluding carboxylic acids is 2. The van der Waals surface area contributed by atoms with Gasteiger partial charge in [-0.3, -0.25) is 20.0 Å². The van der Waals surface area contributed by atoms with Crippen LogP contribution in [0.4, 0.5) is 5.95 Å². The number of amides is 2. The van der Waals surface area contributed by atoms with E-state index < -0.39 is 6.04 Å². The lowest BCUT2D eigenvalue weighted by molar-refractivity contribution is -0.120. The van der Waals surface area contributed by atoms with Crippen LogP contribution in [-0.4, -0.2) is 45.0 Å². The molecule has 3 aromatic rings. The number of nitrogens with zero attached hydrogens (tertiary/aromatic N) is 3. The summed E-state index contributed by atoms with van der Waals surface area (Å²) in [5, 5.41) is 9.57. The van der Waals surface area contributed by atoms with Crippen LogP contribution in [0.1, 0.15) is 34.2 Å². The topological polar surface area (TPSA) is 100 Å². The van der Waals surface area contributed by atoms with Crippen molar-refractivity contribution in [3.05, 3.63) is 71.0 Å². The van der Waals surface area contributed by atoms with Crippen molar-refractivity contribution in [2.75, 3.05) is 12.4 Å². The highest BCUT2D eigenvalue weighted by molar-refractivity contribution is 6.03. The van der Waals surface area contributed by atoms with Gasteiger partial charge in [-0.1, -0.05) is 30.3 Å². The Morgan fingerprint density at radius 1 is 1.24 bits per heavy atom. The van der Waals surface area contributed by atoms with Crippen LogP contribution in [0.5, 0.6) is 5.75 Å². The van der Waals surface area contributed by atoms with Gasteiger partial charge in [-0.15, -0.1) is 5.10 Å². The highest BCUT2D eigenvalue weighted by Crippen LogP contribution is 2.24. The largest absolute Gasteiger partial charge is 0.497 e. The van der Waals surface area contributed by atoms with Crippen molar-refractivity contribution in [1.82, 2.24) is 20.1 Å². The summed E-state index contributed by atoms with van der Waals surface area (Å²) >= 11 is 0. The Kier molecular flexibility index (Phi) is 4.99. The molecule has 1 aliphatic rings. The monoisotopic (exact) mass is 391 g/mol. The van der Waals surface area contributed by atoms with Crippen LogP contribution in [0.3, 0.4) is 0 Å². The van der Waals surface area contributed by atoms with Gasteiger partial charge in [0.05, 0.1) is 7.11 Å². The molecule has 8 heteroatoms. The van der Waals surface area contributed by atoms with E-state index in [0.29, 0.717) is 24.4 Å². The van der Waals surface area contributed by atoms with E-state index in [1.165, 1.54) is 0 Å². The molecule has 0 spiro atoms. The number of hydrogen-bond acceptors (Lipinski definition) is 5. The molecule has 2 N–H and O–H groups in total. The molecule has 2 amide bonds. The summed E-state index contributed by atoms with van der Waals surface area (Å²) < 4.78 is 5.15. The summed E-state index contributed by atoms with van der Waals surface area (Å²) in [7, 11) is 1.62. The molecule has 0 saturated carbocycles. The molecular weight excluding hydrogens is 370 g/mol. The highest BCUT2D eigenvalue weighted by atomic mass is 16.5. The molecule has 2 heterocycles. The van der Waals surface area contributed by atoms with Crippen molar-refractivity contribution in [1.29, 1.82) is 0 Å². The molecule has 1 unspecified atom stereocenters. The third kappa shape index (κ3) is 3.82. The number of ether oxygens (including phenoxy) is 1. The van der Waals surface area contributed by atoms with E-state index in [1.807, 2.05) is 42.5 Å². The lowest BCUT2D eigenvalue weighted by atomic mass is 10.1. The molecule has 1 atom stereocenters. The SMILES string of the molecule is COc1ccc(Cc2nc(NC(=O)C(C)N3Cc4ccccc4C3=O)n[nH]2)cc1. The third-order valence-corrected chi connectivity index (χ3v) is 4.99. The van der Waals surface area contributed by atoms with Crippen molar-refractivity contribution >= 4 is 17.8 Å². The van der Waals surface area contributed by atoms with E-state index >= 15 is 0 Å². The van der Waals surface area contributed by atoms with Crippen LogP contribution >= 0.6 is 0 Å². The van der Waals surface area contributed by atoms with Gasteiger partial charge in [0.1, 0.15) is 17.6 Å². The van der Waals surface area contributed by atoms with Crippen LogP contribution in [-0.2, 0) is 17.8 Å². The Morgan fingerprint density at radius 2 is 2.00 bits per heavy atom. The first-order chi connectivity index (χ1) is 14.0. The summed E-state index contributed by atoms with van der Waals surface area (Å²) in [6, 6.07) is 14.4. The lowest BCUT2D eigenvalue weighted by Crippen LogP contribution is -2.42. The summed E-state index contributed by atoms with van der Waals surface area (Å²) in [6.07, 6.45) is 0.544. The van der Waals surface area contributed by atoms with Gasteiger partial charge >= 0.3 is 0 Å². The molecule has 4 rings (SSSR count). The van der Waals surface area contributed by atoms with Crippen LogP contribution in [0.2, 0.25) is 0 Å². The van der Waals surface area contributed by atoms with Crippen LogP contribution < -0.4 is 10.1 Å². The van der Waals surface area contributed by atoms with E-state index in [4.69, 9.17) is 4.74 Å². The molecular formula is C21H21N5O3. The Morgan fingerprint density at radius 3 is 2.72 bits per heavy atom. The van der Waals surface area contributed by atoms with Crippen molar-refractivity contribution in [2.45, 2.75) is 25.9 Å². The summed E-state index contributed by atoms with van der Waals surface area (Å²) in [5.41, 5.74) is 2.61. The first-order valence-corrected chi connectivity index (χ1v) is 9.29. The number of nitrogens with one attached hydrogen (secondary N) is 2. The minimum Gasteiger partial charge on any atom is -0.497 e. The molecule has 0 aliphatic carbocycles. The Balaban J connectivity index is 1.38. The van der Waals surface area contributed by atoms with Crippen molar-refractivity contribution in [2.24, 2.45) is 0 Å². The molecule has 0 radical (unpaired) electrons. The predicted molar refractivity (Wildman–Crippen MR) is 107 cm³/mol. The van der Waals surface area contributed by atoms with Gasteiger partial charge in [-0.25, -0.2) is 0 Å². The number of anilines is 1. The number of methoxy groups -OCH3 is 1. The maximum atomic E-state index is 12.6. The Hall–Kier alpha value is -3.68. The maximum absolute atomic E-state index is 12.6. The maximum Gasteiger partial charge on any atom is 0.255 e. The summed E-state index contributed by atoms with van der Waals surface area (Å²) in [6.45, 7) is 2.12. The zero-order valence-corrected chi connectivity index (χ0v) is 16.2. The molecule has 8 nitrogen and oxygen atoms in total. The minimum absolute atomic E-state index is 0.140. The Bertz CT molecular complexity index is 1040. The Labute approximate surface area is 167 Å². The number of H-pyrrole nitrogens is 1. The third-order valence-electron chi connectivity index (χ3n) is 4.99. The second kappa shape index (κ2) is 7.75. The van der Waals surface area contributed by atoms with Gasteiger partial charge in [0.25, 0.3) is 5.91 Å². The van der Waals surface area contributed by atoms with E-state index in [2.05, 4.69) is 20.5 Å². The number of benzene rings is 2. The number of aromatic nitrogens is 3. The zero-order valence-electron chi connectivity index (χ0n) is 16.2. The number of hydrogen-bond donors (Lipinski definition) is 2. The van der Waals surface area contributed by atoms with Crippen molar-refractivity contribution in [3.63, 3.8) is 0 Å². The number of fused-ring (bicyclic) bond motifs is 1. The van der Waals surface area contributed by atoms with Crippen molar-refractivity contribution in [3.8, 4) is 5.75 Å². The molecule has 1 aromatic heterocycles. The van der Waals surface area contributed by atoms with Crippen LogP contribution in [0.15, 0.2) is 48.5 Å². The van der Waals surface area contributed by atoms with Gasteiger partial charge in [0.15, 0.2) is 0 Å². The van der Waals surface area contributed by atoms with Crippen LogP contribution in [0.25, 0.3) is 0 Å². The molecule has 0 saturated heterocycles. The van der Waals surface area contributed by atoms with E-state index in [9.17, 15) is 9.59 Å². The summed E-state index contributed by atoms with van der Waals surface area (Å²) in [4.78, 5) is 31.0. The van der Waals surface area contributed by atoms with Gasteiger partial charge in [-0.2, -0.15) is 4.98 Å². The molecule has 2 aromatic carbocycles. The first kappa shape index (κ1) is 18.7. The zero-order chi connectivity index (χ0) is 20.4. The average Bonchev–Trinajstić information content (AvgIpc) is 3.32. The molecule has 148 valence electrons. The predicted octanol–water partition coefficient (Wildman–Crippen LogP) is 2.39. The molecule has 29 heavy (non-hydrogen) atoms. The molecule has 0 fully saturated rings. The van der Waals surface area contributed by atoms with Gasteiger partial charge < -0.3 is 9.64 Å². The van der Waals surface area contributed by atoms with E-state index in [0.717, 1.165) is 16.9 Å². The molecule has 1 aliphatic heterocycles. The molecule has 0 bridgehead atoms. The van der Waals surface area contributed by atoms with Gasteiger partial charge in [-0.05, 0) is 36.2 Å². The van der Waals surface area contributed by atoms with Crippen LogP contribution in [0, 0.1) is 0 Å². The van der Waals surface area contributed by atoms with Gasteiger partial charge in [0.2, 0.25) is 11.9 Å². The summed E-state index contributed by atoms with van der Waals surface area (Å²) in [5.74, 6) is 1.13. The lowest BCUT2D eigenvalue weighted by Gasteiger charge is -2.22. The number of rotatable bonds is 6. The quantitative estimate of drug-likeness (QED) is 0.672. The second-order valence-corrected chi connectivity index (χ2v) is 6.89. The average molecular weight is 391 g/mol. The van der Waals surface area contributed by atoms with E-state index in [1.54, 1.807) is 25.0 Å². The fourth-order valence-electron chi connectivity index (χ4n) is 3.31. The normalized spacial score (nSPS) is 13.9. The van der Waals surface area contributed by atoms with Gasteiger partial charge in [0, 0.05) is 18.5 Å². The van der Waals surface area contributed by atoms with Crippen molar-refractivity contribution < 1.29 is 14.3 Å². The number of aromatic amines is 1. The standard InChI is InChI=1S/C21H21N5O3/c1-13(26-12-15-5-3-4-6-17(15)20(26)28)19(27)23-21-22-18(24-25-21)11-14-7-9-16(29-2)10-8-14/h3-10,13H,11-12H2,1-2H3,(H2,22,23,24,25,27). The number of carbonyl (C=O) groups is 2. The fourth-order valence-corrected chi connectivity index (χ4v) is 3.31. The second-order valence-electron chi connectivity index (χ2n) is 6.89. The smallest absolute Gasteiger partial charge is 0.255 e. The highest BCUT2D eigenvalue weighted by Gasteiger charge is 2.33. The van der Waals surface area contributed by atoms with E-state index in [-0.39, 0.29) is 17.8 Å². The first-order valence-electron chi connectivity index (χ1n) is 9.29.